The molecule has 8 nitrogen and oxygen atoms in total. The standard InChI is InChI=1S/C20H23N7O/c1-4-26(16-12-25(13-16)20-23-14(2)11-15(3)24-20)19(28)17-7-5-6-8-18(17)27-21-9-10-22-27/h5-11,16H,4,12-13H2,1-3H3. The zero-order chi connectivity index (χ0) is 19.7. The SMILES string of the molecule is CCN(C(=O)c1ccccc1-n1nccn1)C1CN(c2nc(C)cc(C)n2)C1. The van der Waals surface area contributed by atoms with Crippen LogP contribution in [0.15, 0.2) is 42.7 Å². The van der Waals surface area contributed by atoms with Crippen LogP contribution in [0, 0.1) is 13.8 Å². The van der Waals surface area contributed by atoms with Gasteiger partial charge in [0.15, 0.2) is 0 Å². The Morgan fingerprint density at radius 2 is 1.75 bits per heavy atom. The highest BCUT2D eigenvalue weighted by molar-refractivity contribution is 5.98. The second kappa shape index (κ2) is 7.38. The Morgan fingerprint density at radius 1 is 1.11 bits per heavy atom. The minimum Gasteiger partial charge on any atom is -0.337 e. The van der Waals surface area contributed by atoms with Crippen LogP contribution in [0.25, 0.3) is 5.69 Å². The molecule has 0 bridgehead atoms. The predicted octanol–water partition coefficient (Wildman–Crippen LogP) is 2.03. The number of carbonyl (C=O) groups is 1. The van der Waals surface area contributed by atoms with Crippen molar-refractivity contribution in [1.82, 2.24) is 29.9 Å². The summed E-state index contributed by atoms with van der Waals surface area (Å²) < 4.78 is 0. The van der Waals surface area contributed by atoms with Gasteiger partial charge in [-0.1, -0.05) is 12.1 Å². The van der Waals surface area contributed by atoms with Crippen molar-refractivity contribution in [2.75, 3.05) is 24.5 Å². The predicted molar refractivity (Wildman–Crippen MR) is 106 cm³/mol. The fraction of sp³-hybridized carbons (Fsp3) is 0.350. The fourth-order valence-electron chi connectivity index (χ4n) is 3.56. The van der Waals surface area contributed by atoms with Gasteiger partial charge in [-0.25, -0.2) is 9.97 Å². The molecule has 4 rings (SSSR count). The highest BCUT2D eigenvalue weighted by Crippen LogP contribution is 2.24. The van der Waals surface area contributed by atoms with Crippen LogP contribution in [-0.2, 0) is 0 Å². The van der Waals surface area contributed by atoms with E-state index in [2.05, 4.69) is 25.1 Å². The second-order valence-electron chi connectivity index (χ2n) is 6.94. The molecule has 8 heteroatoms. The number of amides is 1. The number of rotatable bonds is 5. The van der Waals surface area contributed by atoms with Crippen LogP contribution < -0.4 is 4.90 Å². The molecule has 0 radical (unpaired) electrons. The Kier molecular flexibility index (Phi) is 4.77. The van der Waals surface area contributed by atoms with Gasteiger partial charge in [0.2, 0.25) is 5.95 Å². The van der Waals surface area contributed by atoms with Gasteiger partial charge in [0, 0.05) is 31.0 Å². The highest BCUT2D eigenvalue weighted by Gasteiger charge is 2.36. The van der Waals surface area contributed by atoms with E-state index in [1.54, 1.807) is 12.4 Å². The number of para-hydroxylation sites is 1. The number of hydrogen-bond donors (Lipinski definition) is 0. The third kappa shape index (κ3) is 3.33. The van der Waals surface area contributed by atoms with E-state index in [9.17, 15) is 4.79 Å². The molecule has 28 heavy (non-hydrogen) atoms. The lowest BCUT2D eigenvalue weighted by Crippen LogP contribution is -2.61. The number of hydrogen-bond acceptors (Lipinski definition) is 6. The number of anilines is 1. The van der Waals surface area contributed by atoms with Gasteiger partial charge in [0.05, 0.1) is 29.7 Å². The molecule has 0 aliphatic carbocycles. The largest absolute Gasteiger partial charge is 0.337 e. The van der Waals surface area contributed by atoms with Gasteiger partial charge in [-0.15, -0.1) is 0 Å². The molecule has 144 valence electrons. The Morgan fingerprint density at radius 3 is 2.39 bits per heavy atom. The van der Waals surface area contributed by atoms with Crippen LogP contribution in [0.4, 0.5) is 5.95 Å². The van der Waals surface area contributed by atoms with E-state index in [-0.39, 0.29) is 11.9 Å². The number of aromatic nitrogens is 5. The summed E-state index contributed by atoms with van der Waals surface area (Å²) in [6, 6.07) is 9.52. The molecule has 0 saturated carbocycles. The molecular formula is C20H23N7O. The van der Waals surface area contributed by atoms with E-state index in [0.717, 1.165) is 30.4 Å². The summed E-state index contributed by atoms with van der Waals surface area (Å²) in [6.45, 7) is 8.03. The van der Waals surface area contributed by atoms with E-state index in [1.807, 2.05) is 56.0 Å². The van der Waals surface area contributed by atoms with Crippen molar-refractivity contribution >= 4 is 11.9 Å². The maximum Gasteiger partial charge on any atom is 0.256 e. The highest BCUT2D eigenvalue weighted by atomic mass is 16.2. The summed E-state index contributed by atoms with van der Waals surface area (Å²) in [6.07, 6.45) is 3.21. The van der Waals surface area contributed by atoms with Gasteiger partial charge in [0.25, 0.3) is 5.91 Å². The van der Waals surface area contributed by atoms with E-state index in [1.165, 1.54) is 4.80 Å². The molecule has 1 fully saturated rings. The summed E-state index contributed by atoms with van der Waals surface area (Å²) in [5.41, 5.74) is 3.19. The maximum atomic E-state index is 13.3. The minimum absolute atomic E-state index is 0.0126. The van der Waals surface area contributed by atoms with Gasteiger partial charge < -0.3 is 9.80 Å². The number of nitrogens with zero attached hydrogens (tertiary/aromatic N) is 7. The molecule has 3 heterocycles. The van der Waals surface area contributed by atoms with Crippen molar-refractivity contribution < 1.29 is 4.79 Å². The van der Waals surface area contributed by atoms with Crippen LogP contribution in [-0.4, -0.2) is 61.4 Å². The number of aryl methyl sites for hydroxylation is 2. The van der Waals surface area contributed by atoms with Crippen LogP contribution in [0.2, 0.25) is 0 Å². The smallest absolute Gasteiger partial charge is 0.256 e. The molecular weight excluding hydrogens is 354 g/mol. The summed E-state index contributed by atoms with van der Waals surface area (Å²) in [5.74, 6) is 0.722. The molecule has 0 atom stereocenters. The van der Waals surface area contributed by atoms with E-state index < -0.39 is 0 Å². The molecule has 3 aromatic rings. The Bertz CT molecular complexity index is 960. The average molecular weight is 377 g/mol. The summed E-state index contributed by atoms with van der Waals surface area (Å²) in [7, 11) is 0. The van der Waals surface area contributed by atoms with Crippen LogP contribution in [0.1, 0.15) is 28.7 Å². The van der Waals surface area contributed by atoms with Gasteiger partial charge >= 0.3 is 0 Å². The summed E-state index contributed by atoms with van der Waals surface area (Å²) in [4.78, 5) is 27.8. The van der Waals surface area contributed by atoms with Crippen LogP contribution in [0.3, 0.4) is 0 Å². The molecule has 1 amide bonds. The van der Waals surface area contributed by atoms with Crippen molar-refractivity contribution in [3.05, 3.63) is 59.7 Å². The van der Waals surface area contributed by atoms with E-state index in [4.69, 9.17) is 0 Å². The second-order valence-corrected chi connectivity index (χ2v) is 6.94. The Hall–Kier alpha value is -3.29. The number of benzene rings is 1. The zero-order valence-corrected chi connectivity index (χ0v) is 16.3. The molecule has 0 N–H and O–H groups in total. The van der Waals surface area contributed by atoms with Crippen molar-refractivity contribution in [2.45, 2.75) is 26.8 Å². The lowest BCUT2D eigenvalue weighted by atomic mass is 10.0. The number of carbonyl (C=O) groups excluding carboxylic acids is 1. The third-order valence-electron chi connectivity index (χ3n) is 4.93. The first kappa shape index (κ1) is 18.1. The first-order valence-electron chi connectivity index (χ1n) is 9.40. The van der Waals surface area contributed by atoms with Crippen LogP contribution in [0.5, 0.6) is 0 Å². The summed E-state index contributed by atoms with van der Waals surface area (Å²) in [5, 5.41) is 8.34. The Balaban J connectivity index is 1.52. The zero-order valence-electron chi connectivity index (χ0n) is 16.3. The van der Waals surface area contributed by atoms with Gasteiger partial charge in [-0.2, -0.15) is 15.0 Å². The molecule has 1 aliphatic rings. The molecule has 1 aliphatic heterocycles. The first-order chi connectivity index (χ1) is 13.6. The Labute approximate surface area is 163 Å². The lowest BCUT2D eigenvalue weighted by molar-refractivity contribution is 0.0657. The summed E-state index contributed by atoms with van der Waals surface area (Å²) >= 11 is 0. The third-order valence-corrected chi connectivity index (χ3v) is 4.93. The number of likely N-dealkylation sites (N-methyl/N-ethyl adjacent to an activating group) is 1. The molecule has 0 spiro atoms. The van der Waals surface area contributed by atoms with Gasteiger partial charge in [0.1, 0.15) is 0 Å². The van der Waals surface area contributed by atoms with Crippen molar-refractivity contribution in [1.29, 1.82) is 0 Å². The first-order valence-corrected chi connectivity index (χ1v) is 9.40. The molecule has 2 aromatic heterocycles. The van der Waals surface area contributed by atoms with Gasteiger partial charge in [-0.05, 0) is 39.0 Å². The minimum atomic E-state index is -0.0126. The topological polar surface area (TPSA) is 80.0 Å². The van der Waals surface area contributed by atoms with Crippen molar-refractivity contribution in [2.24, 2.45) is 0 Å². The van der Waals surface area contributed by atoms with Crippen molar-refractivity contribution in [3.63, 3.8) is 0 Å². The quantitative estimate of drug-likeness (QED) is 0.677. The van der Waals surface area contributed by atoms with Crippen LogP contribution >= 0.6 is 0 Å². The van der Waals surface area contributed by atoms with Gasteiger partial charge in [-0.3, -0.25) is 4.79 Å². The average Bonchev–Trinajstić information content (AvgIpc) is 3.17. The normalized spacial score (nSPS) is 14.0. The molecule has 1 saturated heterocycles. The fourth-order valence-corrected chi connectivity index (χ4v) is 3.56. The lowest BCUT2D eigenvalue weighted by Gasteiger charge is -2.45. The molecule has 1 aromatic carbocycles. The molecule has 0 unspecified atom stereocenters. The van der Waals surface area contributed by atoms with E-state index in [0.29, 0.717) is 17.8 Å². The monoisotopic (exact) mass is 377 g/mol. The van der Waals surface area contributed by atoms with E-state index >= 15 is 0 Å². The van der Waals surface area contributed by atoms with Crippen molar-refractivity contribution in [3.8, 4) is 5.69 Å². The maximum absolute atomic E-state index is 13.3.